The SMILES string of the molecule is C#CCNCC(=O)NCC(O)CC. The monoisotopic (exact) mass is 184 g/mol. The lowest BCUT2D eigenvalue weighted by Crippen LogP contribution is -2.38. The van der Waals surface area contributed by atoms with Crippen LogP contribution in [0.3, 0.4) is 0 Å². The van der Waals surface area contributed by atoms with Gasteiger partial charge in [0.2, 0.25) is 5.91 Å². The number of aliphatic hydroxyl groups is 1. The van der Waals surface area contributed by atoms with Crippen LogP contribution in [0.2, 0.25) is 0 Å². The van der Waals surface area contributed by atoms with Crippen molar-refractivity contribution in [2.45, 2.75) is 19.4 Å². The van der Waals surface area contributed by atoms with E-state index < -0.39 is 6.10 Å². The average Bonchev–Trinajstić information content (AvgIpc) is 2.14. The largest absolute Gasteiger partial charge is 0.391 e. The molecule has 0 saturated carbocycles. The second-order valence-corrected chi connectivity index (χ2v) is 2.67. The van der Waals surface area contributed by atoms with Crippen molar-refractivity contribution in [3.8, 4) is 12.3 Å². The van der Waals surface area contributed by atoms with E-state index in [9.17, 15) is 4.79 Å². The highest BCUT2D eigenvalue weighted by atomic mass is 16.3. The minimum absolute atomic E-state index is 0.150. The molecule has 13 heavy (non-hydrogen) atoms. The van der Waals surface area contributed by atoms with Gasteiger partial charge in [0.25, 0.3) is 0 Å². The Morgan fingerprint density at radius 3 is 2.92 bits per heavy atom. The molecule has 4 heteroatoms. The van der Waals surface area contributed by atoms with Gasteiger partial charge in [-0.2, -0.15) is 0 Å². The Hall–Kier alpha value is -1.05. The number of carbonyl (C=O) groups is 1. The highest BCUT2D eigenvalue weighted by molar-refractivity contribution is 5.78. The zero-order valence-electron chi connectivity index (χ0n) is 7.84. The number of hydrogen-bond donors (Lipinski definition) is 3. The van der Waals surface area contributed by atoms with Crippen molar-refractivity contribution in [3.05, 3.63) is 0 Å². The fraction of sp³-hybridized carbons (Fsp3) is 0.667. The summed E-state index contributed by atoms with van der Waals surface area (Å²) in [6.45, 7) is 2.73. The van der Waals surface area contributed by atoms with Gasteiger partial charge in [-0.05, 0) is 6.42 Å². The van der Waals surface area contributed by atoms with Gasteiger partial charge in [-0.15, -0.1) is 6.42 Å². The molecule has 0 rings (SSSR count). The molecule has 0 spiro atoms. The number of nitrogens with one attached hydrogen (secondary N) is 2. The molecule has 3 N–H and O–H groups in total. The van der Waals surface area contributed by atoms with Crippen molar-refractivity contribution >= 4 is 5.91 Å². The number of carbonyl (C=O) groups excluding carboxylic acids is 1. The van der Waals surface area contributed by atoms with Gasteiger partial charge in [0.15, 0.2) is 0 Å². The first kappa shape index (κ1) is 11.9. The average molecular weight is 184 g/mol. The molecule has 1 amide bonds. The van der Waals surface area contributed by atoms with Crippen molar-refractivity contribution < 1.29 is 9.90 Å². The topological polar surface area (TPSA) is 61.4 Å². The molecule has 1 unspecified atom stereocenters. The van der Waals surface area contributed by atoms with E-state index in [0.29, 0.717) is 19.5 Å². The molecule has 0 fully saturated rings. The van der Waals surface area contributed by atoms with Crippen LogP contribution < -0.4 is 10.6 Å². The summed E-state index contributed by atoms with van der Waals surface area (Å²) in [7, 11) is 0. The lowest BCUT2D eigenvalue weighted by molar-refractivity contribution is -0.120. The maximum atomic E-state index is 11.0. The fourth-order valence-electron chi connectivity index (χ4n) is 0.687. The maximum absolute atomic E-state index is 11.0. The zero-order valence-corrected chi connectivity index (χ0v) is 7.84. The molecular weight excluding hydrogens is 168 g/mol. The van der Waals surface area contributed by atoms with Crippen molar-refractivity contribution in [1.29, 1.82) is 0 Å². The van der Waals surface area contributed by atoms with Crippen LogP contribution in [0.4, 0.5) is 0 Å². The van der Waals surface area contributed by atoms with Gasteiger partial charge < -0.3 is 10.4 Å². The van der Waals surface area contributed by atoms with Crippen LogP contribution in [0.1, 0.15) is 13.3 Å². The minimum Gasteiger partial charge on any atom is -0.391 e. The van der Waals surface area contributed by atoms with E-state index in [1.807, 2.05) is 6.92 Å². The molecular formula is C9H16N2O2. The van der Waals surface area contributed by atoms with Gasteiger partial charge in [0.1, 0.15) is 0 Å². The number of aliphatic hydroxyl groups excluding tert-OH is 1. The van der Waals surface area contributed by atoms with Crippen molar-refractivity contribution in [2.24, 2.45) is 0 Å². The van der Waals surface area contributed by atoms with Gasteiger partial charge >= 0.3 is 0 Å². The molecule has 1 atom stereocenters. The third-order valence-corrected chi connectivity index (χ3v) is 1.52. The van der Waals surface area contributed by atoms with Gasteiger partial charge in [-0.3, -0.25) is 10.1 Å². The van der Waals surface area contributed by atoms with E-state index in [1.165, 1.54) is 0 Å². The molecule has 0 aromatic carbocycles. The fourth-order valence-corrected chi connectivity index (χ4v) is 0.687. The van der Waals surface area contributed by atoms with Gasteiger partial charge in [0, 0.05) is 6.54 Å². The molecule has 0 heterocycles. The van der Waals surface area contributed by atoms with E-state index in [0.717, 1.165) is 0 Å². The second-order valence-electron chi connectivity index (χ2n) is 2.67. The number of terminal acetylenes is 1. The quantitative estimate of drug-likeness (QED) is 0.370. The Morgan fingerprint density at radius 1 is 1.69 bits per heavy atom. The third kappa shape index (κ3) is 7.32. The summed E-state index contributed by atoms with van der Waals surface area (Å²) in [5, 5.41) is 14.4. The van der Waals surface area contributed by atoms with Crippen LogP contribution >= 0.6 is 0 Å². The van der Waals surface area contributed by atoms with Crippen LogP contribution in [0.25, 0.3) is 0 Å². The first-order chi connectivity index (χ1) is 6.20. The first-order valence-corrected chi connectivity index (χ1v) is 4.29. The van der Waals surface area contributed by atoms with Crippen LogP contribution in [-0.4, -0.2) is 36.8 Å². The molecule has 74 valence electrons. The van der Waals surface area contributed by atoms with Crippen LogP contribution in [0, 0.1) is 12.3 Å². The highest BCUT2D eigenvalue weighted by Crippen LogP contribution is 1.85. The molecule has 0 saturated heterocycles. The van der Waals surface area contributed by atoms with E-state index in [1.54, 1.807) is 0 Å². The molecule has 0 aliphatic rings. The molecule has 0 aromatic rings. The van der Waals surface area contributed by atoms with Gasteiger partial charge in [0.05, 0.1) is 19.2 Å². The van der Waals surface area contributed by atoms with Crippen LogP contribution in [-0.2, 0) is 4.79 Å². The van der Waals surface area contributed by atoms with E-state index in [2.05, 4.69) is 16.6 Å². The number of amides is 1. The Kier molecular flexibility index (Phi) is 6.98. The van der Waals surface area contributed by atoms with Crippen molar-refractivity contribution in [3.63, 3.8) is 0 Å². The second kappa shape index (κ2) is 7.59. The summed E-state index contributed by atoms with van der Waals surface area (Å²) < 4.78 is 0. The predicted octanol–water partition coefficient (Wildman–Crippen LogP) is -0.904. The Labute approximate surface area is 78.7 Å². The van der Waals surface area contributed by atoms with E-state index >= 15 is 0 Å². The van der Waals surface area contributed by atoms with Crippen LogP contribution in [0.15, 0.2) is 0 Å². The standard InChI is InChI=1S/C9H16N2O2/c1-3-5-10-7-9(13)11-6-8(12)4-2/h1,8,10,12H,4-7H2,2H3,(H,11,13). The Balaban J connectivity index is 3.36. The number of rotatable bonds is 6. The Bertz CT molecular complexity index is 187. The lowest BCUT2D eigenvalue weighted by atomic mass is 10.3. The van der Waals surface area contributed by atoms with Crippen molar-refractivity contribution in [2.75, 3.05) is 19.6 Å². The molecule has 0 aliphatic heterocycles. The molecule has 0 aromatic heterocycles. The highest BCUT2D eigenvalue weighted by Gasteiger charge is 2.03. The molecule has 4 nitrogen and oxygen atoms in total. The Morgan fingerprint density at radius 2 is 2.38 bits per heavy atom. The summed E-state index contributed by atoms with van der Waals surface area (Å²) in [5.41, 5.74) is 0. The summed E-state index contributed by atoms with van der Waals surface area (Å²) >= 11 is 0. The normalized spacial score (nSPS) is 11.8. The van der Waals surface area contributed by atoms with Crippen LogP contribution in [0.5, 0.6) is 0 Å². The number of hydrogen-bond acceptors (Lipinski definition) is 3. The van der Waals surface area contributed by atoms with Gasteiger partial charge in [-0.25, -0.2) is 0 Å². The van der Waals surface area contributed by atoms with Gasteiger partial charge in [-0.1, -0.05) is 12.8 Å². The molecule has 0 bridgehead atoms. The lowest BCUT2D eigenvalue weighted by Gasteiger charge is -2.09. The van der Waals surface area contributed by atoms with E-state index in [-0.39, 0.29) is 12.5 Å². The molecule has 0 radical (unpaired) electrons. The third-order valence-electron chi connectivity index (χ3n) is 1.52. The smallest absolute Gasteiger partial charge is 0.234 e. The predicted molar refractivity (Wildman–Crippen MR) is 51.0 cm³/mol. The van der Waals surface area contributed by atoms with E-state index in [4.69, 9.17) is 11.5 Å². The maximum Gasteiger partial charge on any atom is 0.234 e. The molecule has 0 aliphatic carbocycles. The summed E-state index contributed by atoms with van der Waals surface area (Å²) in [4.78, 5) is 11.0. The van der Waals surface area contributed by atoms with Crippen molar-refractivity contribution in [1.82, 2.24) is 10.6 Å². The summed E-state index contributed by atoms with van der Waals surface area (Å²) in [5.74, 6) is 2.21. The minimum atomic E-state index is -0.461. The first-order valence-electron chi connectivity index (χ1n) is 4.29. The summed E-state index contributed by atoms with van der Waals surface area (Å²) in [6, 6.07) is 0. The zero-order chi connectivity index (χ0) is 10.1. The summed E-state index contributed by atoms with van der Waals surface area (Å²) in [6.07, 6.45) is 5.15.